The number of hydrogen-bond acceptors (Lipinski definition) is 1. The average Bonchev–Trinajstić information content (AvgIpc) is 2.37. The number of aryl methyl sites for hydroxylation is 1. The number of benzene rings is 2. The van der Waals surface area contributed by atoms with Crippen LogP contribution in [0.25, 0.3) is 0 Å². The van der Waals surface area contributed by atoms with Crippen molar-refractivity contribution in [2.24, 2.45) is 0 Å². The van der Waals surface area contributed by atoms with E-state index < -0.39 is 0 Å². The van der Waals surface area contributed by atoms with Crippen LogP contribution in [0.4, 0.5) is 0 Å². The van der Waals surface area contributed by atoms with Gasteiger partial charge in [-0.3, -0.25) is 4.79 Å². The largest absolute Gasteiger partial charge is 0.289 e. The van der Waals surface area contributed by atoms with Crippen LogP contribution >= 0.6 is 0 Å². The molecule has 0 aromatic heterocycles. The van der Waals surface area contributed by atoms with E-state index in [0.29, 0.717) is 5.92 Å². The van der Waals surface area contributed by atoms with Crippen molar-refractivity contribution in [3.8, 4) is 0 Å². The van der Waals surface area contributed by atoms with E-state index in [1.54, 1.807) is 0 Å². The fraction of sp³-hybridized carbons (Fsp3) is 0.278. The lowest BCUT2D eigenvalue weighted by Crippen LogP contribution is -2.14. The smallest absolute Gasteiger partial charge is 0.193 e. The lowest BCUT2D eigenvalue weighted by molar-refractivity contribution is 0.103. The summed E-state index contributed by atoms with van der Waals surface area (Å²) in [6.45, 7) is 2.00. The van der Waals surface area contributed by atoms with Gasteiger partial charge in [-0.15, -0.1) is 0 Å². The molecule has 0 spiro atoms. The summed E-state index contributed by atoms with van der Waals surface area (Å²) in [6.07, 6.45) is 3.73. The molecule has 1 aliphatic carbocycles. The molecule has 0 heterocycles. The summed E-state index contributed by atoms with van der Waals surface area (Å²) in [6, 6.07) is 15.9. The van der Waals surface area contributed by atoms with Gasteiger partial charge in [-0.2, -0.15) is 0 Å². The van der Waals surface area contributed by atoms with Gasteiger partial charge in [0.15, 0.2) is 5.78 Å². The van der Waals surface area contributed by atoms with Crippen LogP contribution in [0.2, 0.25) is 0 Å². The molecule has 0 amide bonds. The minimum atomic E-state index is 0.167. The molecule has 2 aromatic carbocycles. The van der Waals surface area contributed by atoms with Gasteiger partial charge in [0.1, 0.15) is 0 Å². The third kappa shape index (κ3) is 2.21. The van der Waals surface area contributed by atoms with E-state index in [9.17, 15) is 4.79 Å². The summed E-state index contributed by atoms with van der Waals surface area (Å²) >= 11 is 0. The molecule has 0 bridgehead atoms. The molecule has 0 unspecified atom stereocenters. The highest BCUT2D eigenvalue weighted by atomic mass is 16.1. The van der Waals surface area contributed by atoms with Crippen LogP contribution in [0, 0.1) is 6.92 Å². The highest BCUT2D eigenvalue weighted by Crippen LogP contribution is 2.38. The van der Waals surface area contributed by atoms with Crippen LogP contribution < -0.4 is 0 Å². The molecule has 1 saturated carbocycles. The van der Waals surface area contributed by atoms with Crippen LogP contribution in [0.5, 0.6) is 0 Å². The van der Waals surface area contributed by atoms with Gasteiger partial charge in [0, 0.05) is 11.1 Å². The van der Waals surface area contributed by atoms with Crippen LogP contribution in [0.15, 0.2) is 48.5 Å². The van der Waals surface area contributed by atoms with Crippen LogP contribution in [-0.4, -0.2) is 5.78 Å². The maximum atomic E-state index is 12.7. The van der Waals surface area contributed by atoms with Gasteiger partial charge < -0.3 is 0 Å². The van der Waals surface area contributed by atoms with E-state index in [1.165, 1.54) is 24.8 Å². The lowest BCUT2D eigenvalue weighted by Gasteiger charge is -2.27. The first-order valence-electron chi connectivity index (χ1n) is 6.96. The number of carbonyl (C=O) groups excluding carboxylic acids is 1. The van der Waals surface area contributed by atoms with E-state index in [-0.39, 0.29) is 5.78 Å². The Morgan fingerprint density at radius 2 is 1.58 bits per heavy atom. The Morgan fingerprint density at radius 3 is 2.21 bits per heavy atom. The summed E-state index contributed by atoms with van der Waals surface area (Å²) in [4.78, 5) is 12.7. The Kier molecular flexibility index (Phi) is 3.20. The maximum Gasteiger partial charge on any atom is 0.193 e. The molecule has 3 rings (SSSR count). The molecule has 1 nitrogen and oxygen atoms in total. The van der Waals surface area contributed by atoms with Gasteiger partial charge in [0.2, 0.25) is 0 Å². The fourth-order valence-electron chi connectivity index (χ4n) is 2.75. The summed E-state index contributed by atoms with van der Waals surface area (Å²) in [5.41, 5.74) is 4.01. The SMILES string of the molecule is Cc1ccccc1C(=O)c1ccccc1C1CCC1. The predicted molar refractivity (Wildman–Crippen MR) is 77.6 cm³/mol. The van der Waals surface area contributed by atoms with Gasteiger partial charge in [0.25, 0.3) is 0 Å². The molecular formula is C18H18O. The molecule has 0 aliphatic heterocycles. The standard InChI is InChI=1S/C18H18O/c1-13-7-2-3-10-15(13)18(19)17-12-5-4-11-16(17)14-8-6-9-14/h2-5,7,10-12,14H,6,8-9H2,1H3. The highest BCUT2D eigenvalue weighted by Gasteiger charge is 2.24. The van der Waals surface area contributed by atoms with Crippen LogP contribution in [-0.2, 0) is 0 Å². The molecule has 0 saturated heterocycles. The molecular weight excluding hydrogens is 232 g/mol. The average molecular weight is 250 g/mol. The van der Waals surface area contributed by atoms with Crippen molar-refractivity contribution in [2.45, 2.75) is 32.1 Å². The Morgan fingerprint density at radius 1 is 0.947 bits per heavy atom. The normalized spacial score (nSPS) is 15.0. The summed E-state index contributed by atoms with van der Waals surface area (Å²) in [5, 5.41) is 0. The second kappa shape index (κ2) is 5.00. The first-order chi connectivity index (χ1) is 9.27. The Labute approximate surface area is 114 Å². The quantitative estimate of drug-likeness (QED) is 0.733. The molecule has 0 N–H and O–H groups in total. The molecule has 96 valence electrons. The second-order valence-electron chi connectivity index (χ2n) is 5.36. The summed E-state index contributed by atoms with van der Waals surface area (Å²) in [5.74, 6) is 0.754. The lowest BCUT2D eigenvalue weighted by atomic mass is 9.77. The number of carbonyl (C=O) groups is 1. The zero-order chi connectivity index (χ0) is 13.2. The van der Waals surface area contributed by atoms with Gasteiger partial charge in [-0.05, 0) is 36.8 Å². The first kappa shape index (κ1) is 12.2. The Balaban J connectivity index is 2.02. The van der Waals surface area contributed by atoms with Gasteiger partial charge in [-0.25, -0.2) is 0 Å². The van der Waals surface area contributed by atoms with Crippen LogP contribution in [0.3, 0.4) is 0 Å². The monoisotopic (exact) mass is 250 g/mol. The maximum absolute atomic E-state index is 12.7. The van der Waals surface area contributed by atoms with E-state index in [4.69, 9.17) is 0 Å². The number of hydrogen-bond donors (Lipinski definition) is 0. The van der Waals surface area contributed by atoms with Crippen molar-refractivity contribution in [2.75, 3.05) is 0 Å². The molecule has 0 radical (unpaired) electrons. The van der Waals surface area contributed by atoms with E-state index in [0.717, 1.165) is 16.7 Å². The van der Waals surface area contributed by atoms with Crippen molar-refractivity contribution in [3.05, 3.63) is 70.8 Å². The van der Waals surface area contributed by atoms with Crippen molar-refractivity contribution in [1.82, 2.24) is 0 Å². The molecule has 19 heavy (non-hydrogen) atoms. The Hall–Kier alpha value is -1.89. The summed E-state index contributed by atoms with van der Waals surface area (Å²) < 4.78 is 0. The highest BCUT2D eigenvalue weighted by molar-refractivity contribution is 6.10. The minimum Gasteiger partial charge on any atom is -0.289 e. The third-order valence-electron chi connectivity index (χ3n) is 4.14. The molecule has 0 atom stereocenters. The van der Waals surface area contributed by atoms with Crippen LogP contribution in [0.1, 0.15) is 52.2 Å². The topological polar surface area (TPSA) is 17.1 Å². The zero-order valence-corrected chi connectivity index (χ0v) is 11.2. The van der Waals surface area contributed by atoms with E-state index in [1.807, 2.05) is 49.4 Å². The molecule has 2 aromatic rings. The van der Waals surface area contributed by atoms with Crippen molar-refractivity contribution >= 4 is 5.78 Å². The van der Waals surface area contributed by atoms with E-state index in [2.05, 4.69) is 6.07 Å². The minimum absolute atomic E-state index is 0.167. The van der Waals surface area contributed by atoms with Gasteiger partial charge in [-0.1, -0.05) is 55.0 Å². The number of ketones is 1. The fourth-order valence-corrected chi connectivity index (χ4v) is 2.75. The van der Waals surface area contributed by atoms with Gasteiger partial charge >= 0.3 is 0 Å². The summed E-state index contributed by atoms with van der Waals surface area (Å²) in [7, 11) is 0. The first-order valence-corrected chi connectivity index (χ1v) is 6.96. The van der Waals surface area contributed by atoms with Crippen molar-refractivity contribution < 1.29 is 4.79 Å². The molecule has 1 aliphatic rings. The zero-order valence-electron chi connectivity index (χ0n) is 11.2. The predicted octanol–water partition coefficient (Wildman–Crippen LogP) is 4.49. The molecule has 1 heteroatoms. The molecule has 1 fully saturated rings. The van der Waals surface area contributed by atoms with Crippen molar-refractivity contribution in [1.29, 1.82) is 0 Å². The third-order valence-corrected chi connectivity index (χ3v) is 4.14. The van der Waals surface area contributed by atoms with Gasteiger partial charge in [0.05, 0.1) is 0 Å². The van der Waals surface area contributed by atoms with Crippen molar-refractivity contribution in [3.63, 3.8) is 0 Å². The second-order valence-corrected chi connectivity index (χ2v) is 5.36. The van der Waals surface area contributed by atoms with E-state index >= 15 is 0 Å². The Bertz CT molecular complexity index is 609. The number of rotatable bonds is 3.